The van der Waals surface area contributed by atoms with Crippen LogP contribution in [0, 0.1) is 0 Å². The van der Waals surface area contributed by atoms with Crippen LogP contribution in [0.15, 0.2) is 0 Å². The van der Waals surface area contributed by atoms with Crippen molar-refractivity contribution in [2.45, 2.75) is 32.2 Å². The number of hydrogen-bond donors (Lipinski definition) is 1. The molecule has 0 fully saturated rings. The van der Waals surface area contributed by atoms with Gasteiger partial charge in [-0.3, -0.25) is 9.00 Å². The molecule has 2 unspecified atom stereocenters. The van der Waals surface area contributed by atoms with Crippen molar-refractivity contribution in [1.82, 2.24) is 4.90 Å². The number of hydrogen-bond acceptors (Lipinski definition) is 3. The van der Waals surface area contributed by atoms with Crippen LogP contribution in [0.1, 0.15) is 26.2 Å². The van der Waals surface area contributed by atoms with Gasteiger partial charge in [0.2, 0.25) is 5.91 Å². The van der Waals surface area contributed by atoms with Crippen LogP contribution in [-0.2, 0) is 15.6 Å². The van der Waals surface area contributed by atoms with Gasteiger partial charge in [-0.15, -0.1) is 0 Å². The molecule has 0 aromatic rings. The zero-order chi connectivity index (χ0) is 11.8. The molecule has 0 aliphatic heterocycles. The van der Waals surface area contributed by atoms with Gasteiger partial charge in [0.15, 0.2) is 0 Å². The smallest absolute Gasteiger partial charge is 0.222 e. The van der Waals surface area contributed by atoms with Crippen LogP contribution >= 0.6 is 0 Å². The SMILES string of the molecule is CC(N)CCS(=O)CCCC(=O)N(C)C. The van der Waals surface area contributed by atoms with E-state index in [1.54, 1.807) is 19.0 Å². The summed E-state index contributed by atoms with van der Waals surface area (Å²) in [5.74, 6) is 1.35. The van der Waals surface area contributed by atoms with Gasteiger partial charge < -0.3 is 10.6 Å². The fraction of sp³-hybridized carbons (Fsp3) is 0.900. The van der Waals surface area contributed by atoms with Crippen LogP contribution < -0.4 is 5.73 Å². The highest BCUT2D eigenvalue weighted by molar-refractivity contribution is 7.84. The Bertz CT molecular complexity index is 217. The summed E-state index contributed by atoms with van der Waals surface area (Å²) in [5, 5.41) is 0. The zero-order valence-corrected chi connectivity index (χ0v) is 10.7. The van der Waals surface area contributed by atoms with E-state index < -0.39 is 10.8 Å². The molecule has 90 valence electrons. The first-order valence-electron chi connectivity index (χ1n) is 5.24. The molecule has 15 heavy (non-hydrogen) atoms. The highest BCUT2D eigenvalue weighted by Crippen LogP contribution is 1.98. The third-order valence-corrected chi connectivity index (χ3v) is 3.50. The minimum atomic E-state index is -0.821. The number of carbonyl (C=O) groups is 1. The largest absolute Gasteiger partial charge is 0.349 e. The quantitative estimate of drug-likeness (QED) is 0.691. The molecule has 5 heteroatoms. The molecule has 0 spiro atoms. The maximum Gasteiger partial charge on any atom is 0.222 e. The molecule has 0 aromatic carbocycles. The molecule has 0 radical (unpaired) electrons. The van der Waals surface area contributed by atoms with Gasteiger partial charge in [-0.25, -0.2) is 0 Å². The first-order valence-corrected chi connectivity index (χ1v) is 6.73. The van der Waals surface area contributed by atoms with Gasteiger partial charge in [0, 0.05) is 48.9 Å². The average Bonchev–Trinajstić information content (AvgIpc) is 2.14. The van der Waals surface area contributed by atoms with Crippen LogP contribution in [0.3, 0.4) is 0 Å². The standard InChI is InChI=1S/C10H22N2O2S/c1-9(11)6-8-15(14)7-4-5-10(13)12(2)3/h9H,4-8,11H2,1-3H3. The molecule has 0 heterocycles. The van der Waals surface area contributed by atoms with E-state index in [0.29, 0.717) is 24.3 Å². The van der Waals surface area contributed by atoms with E-state index >= 15 is 0 Å². The van der Waals surface area contributed by atoms with Gasteiger partial charge >= 0.3 is 0 Å². The van der Waals surface area contributed by atoms with Crippen LogP contribution in [0.25, 0.3) is 0 Å². The predicted octanol–water partition coefficient (Wildman–Crippen LogP) is 0.341. The number of amides is 1. The molecule has 2 N–H and O–H groups in total. The fourth-order valence-corrected chi connectivity index (χ4v) is 2.33. The highest BCUT2D eigenvalue weighted by Gasteiger charge is 2.06. The Kier molecular flexibility index (Phi) is 7.60. The zero-order valence-electron chi connectivity index (χ0n) is 9.86. The lowest BCUT2D eigenvalue weighted by molar-refractivity contribution is -0.128. The van der Waals surface area contributed by atoms with Crippen molar-refractivity contribution in [3.63, 3.8) is 0 Å². The van der Waals surface area contributed by atoms with Crippen molar-refractivity contribution in [2.75, 3.05) is 25.6 Å². The lowest BCUT2D eigenvalue weighted by atomic mass is 10.3. The van der Waals surface area contributed by atoms with Gasteiger partial charge in [-0.2, -0.15) is 0 Å². The van der Waals surface area contributed by atoms with E-state index in [9.17, 15) is 9.00 Å². The highest BCUT2D eigenvalue weighted by atomic mass is 32.2. The fourth-order valence-electron chi connectivity index (χ4n) is 1.03. The van der Waals surface area contributed by atoms with Crippen molar-refractivity contribution in [2.24, 2.45) is 5.73 Å². The van der Waals surface area contributed by atoms with E-state index in [2.05, 4.69) is 0 Å². The Morgan fingerprint density at radius 3 is 2.47 bits per heavy atom. The van der Waals surface area contributed by atoms with Crippen LogP contribution in [0.5, 0.6) is 0 Å². The van der Waals surface area contributed by atoms with Crippen LogP contribution in [0.4, 0.5) is 0 Å². The van der Waals surface area contributed by atoms with Crippen molar-refractivity contribution >= 4 is 16.7 Å². The summed E-state index contributed by atoms with van der Waals surface area (Å²) < 4.78 is 11.4. The Morgan fingerprint density at radius 2 is 2.00 bits per heavy atom. The van der Waals surface area contributed by atoms with Crippen LogP contribution in [-0.4, -0.2) is 46.7 Å². The van der Waals surface area contributed by atoms with Crippen LogP contribution in [0.2, 0.25) is 0 Å². The minimum absolute atomic E-state index is 0.0965. The maximum absolute atomic E-state index is 11.4. The number of rotatable bonds is 7. The second-order valence-electron chi connectivity index (χ2n) is 4.01. The monoisotopic (exact) mass is 234 g/mol. The predicted molar refractivity (Wildman–Crippen MR) is 64.1 cm³/mol. The summed E-state index contributed by atoms with van der Waals surface area (Å²) in [6.07, 6.45) is 1.97. The van der Waals surface area contributed by atoms with Gasteiger partial charge in [0.05, 0.1) is 0 Å². The lowest BCUT2D eigenvalue weighted by Crippen LogP contribution is -2.22. The summed E-state index contributed by atoms with van der Waals surface area (Å²) in [5.41, 5.74) is 5.56. The number of carbonyl (C=O) groups excluding carboxylic acids is 1. The molecule has 4 nitrogen and oxygen atoms in total. The Balaban J connectivity index is 3.51. The van der Waals surface area contributed by atoms with Crippen molar-refractivity contribution in [3.8, 4) is 0 Å². The number of nitrogens with two attached hydrogens (primary N) is 1. The summed E-state index contributed by atoms with van der Waals surface area (Å²) >= 11 is 0. The topological polar surface area (TPSA) is 63.4 Å². The summed E-state index contributed by atoms with van der Waals surface area (Å²) in [4.78, 5) is 12.8. The van der Waals surface area contributed by atoms with E-state index in [-0.39, 0.29) is 11.9 Å². The van der Waals surface area contributed by atoms with Gasteiger partial charge in [0.1, 0.15) is 0 Å². The molecule has 0 saturated heterocycles. The second-order valence-corrected chi connectivity index (χ2v) is 5.70. The molecule has 2 atom stereocenters. The number of nitrogens with zero attached hydrogens (tertiary/aromatic N) is 1. The average molecular weight is 234 g/mol. The van der Waals surface area contributed by atoms with E-state index in [4.69, 9.17) is 5.73 Å². The molecule has 0 aliphatic carbocycles. The van der Waals surface area contributed by atoms with E-state index in [1.807, 2.05) is 6.92 Å². The first kappa shape index (κ1) is 14.6. The first-order chi connectivity index (χ1) is 6.93. The molecule has 0 bridgehead atoms. The van der Waals surface area contributed by atoms with Gasteiger partial charge in [-0.05, 0) is 19.8 Å². The van der Waals surface area contributed by atoms with Gasteiger partial charge in [-0.1, -0.05) is 0 Å². The Morgan fingerprint density at radius 1 is 1.40 bits per heavy atom. The molecule has 0 saturated carbocycles. The molecule has 0 rings (SSSR count). The molecular formula is C10H22N2O2S. The summed E-state index contributed by atoms with van der Waals surface area (Å²) in [7, 11) is 2.64. The Labute approximate surface area is 94.7 Å². The van der Waals surface area contributed by atoms with E-state index in [1.165, 1.54) is 0 Å². The third-order valence-electron chi connectivity index (χ3n) is 2.06. The molecule has 0 aliphatic rings. The Hall–Kier alpha value is -0.420. The normalized spacial score (nSPS) is 14.7. The molecule has 1 amide bonds. The van der Waals surface area contributed by atoms with Crippen molar-refractivity contribution in [1.29, 1.82) is 0 Å². The molecular weight excluding hydrogens is 212 g/mol. The minimum Gasteiger partial charge on any atom is -0.349 e. The van der Waals surface area contributed by atoms with Crippen molar-refractivity contribution in [3.05, 3.63) is 0 Å². The summed E-state index contributed by atoms with van der Waals surface area (Å²) in [6.45, 7) is 1.91. The maximum atomic E-state index is 11.4. The second kappa shape index (κ2) is 7.82. The van der Waals surface area contributed by atoms with Crippen molar-refractivity contribution < 1.29 is 9.00 Å². The molecule has 0 aromatic heterocycles. The lowest BCUT2D eigenvalue weighted by Gasteiger charge is -2.09. The third kappa shape index (κ3) is 8.57. The van der Waals surface area contributed by atoms with Gasteiger partial charge in [0.25, 0.3) is 0 Å². The summed E-state index contributed by atoms with van der Waals surface area (Å²) in [6, 6.07) is 0.109. The van der Waals surface area contributed by atoms with E-state index in [0.717, 1.165) is 6.42 Å².